The fraction of sp³-hybridized carbons (Fsp3) is 0.533. The van der Waals surface area contributed by atoms with Crippen LogP contribution in [0.3, 0.4) is 0 Å². The molecule has 0 aromatic carbocycles. The maximum Gasteiger partial charge on any atom is 0.223 e. The van der Waals surface area contributed by atoms with Crippen LogP contribution in [0.2, 0.25) is 0 Å². The summed E-state index contributed by atoms with van der Waals surface area (Å²) >= 11 is 1.82. The summed E-state index contributed by atoms with van der Waals surface area (Å²) in [6.07, 6.45) is 0. The van der Waals surface area contributed by atoms with Crippen molar-refractivity contribution in [1.29, 1.82) is 0 Å². The highest BCUT2D eigenvalue weighted by atomic mass is 32.1. The second-order valence-corrected chi connectivity index (χ2v) is 6.51. The molecule has 0 radical (unpaired) electrons. The summed E-state index contributed by atoms with van der Waals surface area (Å²) < 4.78 is 4.98. The molecule has 0 saturated carbocycles. The zero-order chi connectivity index (χ0) is 16.1. The summed E-state index contributed by atoms with van der Waals surface area (Å²) in [7, 11) is 1.81. The van der Waals surface area contributed by atoms with Crippen molar-refractivity contribution in [3.05, 3.63) is 34.1 Å². The highest BCUT2D eigenvalue weighted by Crippen LogP contribution is 2.13. The molecule has 2 aromatic rings. The quantitative estimate of drug-likeness (QED) is 0.672. The van der Waals surface area contributed by atoms with Gasteiger partial charge in [0, 0.05) is 51.6 Å². The van der Waals surface area contributed by atoms with Crippen LogP contribution in [0.1, 0.15) is 16.6 Å². The Morgan fingerprint density at radius 3 is 2.83 bits per heavy atom. The minimum Gasteiger partial charge on any atom is -0.349 e. The molecule has 3 heterocycles. The minimum atomic E-state index is 0.527. The van der Waals surface area contributed by atoms with Gasteiger partial charge in [0.05, 0.1) is 6.54 Å². The number of nitrogens with one attached hydrogen (secondary N) is 1. The Labute approximate surface area is 140 Å². The second kappa shape index (κ2) is 7.56. The molecule has 1 saturated heterocycles. The predicted molar refractivity (Wildman–Crippen MR) is 90.4 cm³/mol. The molecule has 0 spiro atoms. The topological polar surface area (TPSA) is 69.8 Å². The van der Waals surface area contributed by atoms with Crippen LogP contribution >= 0.6 is 11.3 Å². The third-order valence-electron chi connectivity index (χ3n) is 3.82. The average Bonchev–Trinajstić information content (AvgIpc) is 3.21. The van der Waals surface area contributed by atoms with E-state index in [1.807, 2.05) is 18.4 Å². The standard InChI is InChI=1S/C15H22N6OS/c1-12-18-14(19-22-12)10-17-15(16-2)21-7-5-20(6-8-21)11-13-4-3-9-23-13/h3-4,9H,5-8,10-11H2,1-2H3,(H,16,17). The molecular weight excluding hydrogens is 312 g/mol. The van der Waals surface area contributed by atoms with Gasteiger partial charge >= 0.3 is 0 Å². The second-order valence-electron chi connectivity index (χ2n) is 5.47. The molecule has 0 unspecified atom stereocenters. The lowest BCUT2D eigenvalue weighted by atomic mass is 10.3. The van der Waals surface area contributed by atoms with Crippen LogP contribution in [0, 0.1) is 6.92 Å². The van der Waals surface area contributed by atoms with Crippen LogP contribution in [0.4, 0.5) is 0 Å². The number of piperazine rings is 1. The van der Waals surface area contributed by atoms with Gasteiger partial charge in [-0.3, -0.25) is 9.89 Å². The van der Waals surface area contributed by atoms with E-state index in [1.165, 1.54) is 4.88 Å². The van der Waals surface area contributed by atoms with Gasteiger partial charge in [-0.15, -0.1) is 11.3 Å². The number of thiophene rings is 1. The maximum absolute atomic E-state index is 4.98. The Morgan fingerprint density at radius 1 is 1.39 bits per heavy atom. The minimum absolute atomic E-state index is 0.527. The van der Waals surface area contributed by atoms with E-state index >= 15 is 0 Å². The van der Waals surface area contributed by atoms with Crippen molar-refractivity contribution < 1.29 is 4.52 Å². The Kier molecular flexibility index (Phi) is 5.24. The molecule has 7 nitrogen and oxygen atoms in total. The molecular formula is C15H22N6OS. The molecule has 23 heavy (non-hydrogen) atoms. The Balaban J connectivity index is 1.47. The van der Waals surface area contributed by atoms with E-state index in [1.54, 1.807) is 6.92 Å². The van der Waals surface area contributed by atoms with Gasteiger partial charge in [0.15, 0.2) is 11.8 Å². The fourth-order valence-electron chi connectivity index (χ4n) is 2.64. The molecule has 0 aliphatic carbocycles. The van der Waals surface area contributed by atoms with Gasteiger partial charge < -0.3 is 14.7 Å². The van der Waals surface area contributed by atoms with E-state index in [0.717, 1.165) is 38.7 Å². The normalized spacial score (nSPS) is 16.8. The molecule has 0 bridgehead atoms. The van der Waals surface area contributed by atoms with E-state index in [0.29, 0.717) is 18.3 Å². The van der Waals surface area contributed by atoms with Gasteiger partial charge in [-0.25, -0.2) is 0 Å². The van der Waals surface area contributed by atoms with Gasteiger partial charge in [-0.05, 0) is 11.4 Å². The van der Waals surface area contributed by atoms with Crippen LogP contribution in [0.5, 0.6) is 0 Å². The highest BCUT2D eigenvalue weighted by Gasteiger charge is 2.20. The summed E-state index contributed by atoms with van der Waals surface area (Å²) in [4.78, 5) is 14.7. The van der Waals surface area contributed by atoms with Crippen molar-refractivity contribution in [3.63, 3.8) is 0 Å². The summed E-state index contributed by atoms with van der Waals surface area (Å²) in [6, 6.07) is 4.31. The first kappa shape index (κ1) is 15.9. The van der Waals surface area contributed by atoms with E-state index in [2.05, 4.69) is 47.8 Å². The zero-order valence-corrected chi connectivity index (χ0v) is 14.3. The average molecular weight is 334 g/mol. The molecule has 1 N–H and O–H groups in total. The third-order valence-corrected chi connectivity index (χ3v) is 4.68. The van der Waals surface area contributed by atoms with Crippen molar-refractivity contribution in [2.24, 2.45) is 4.99 Å². The molecule has 0 amide bonds. The summed E-state index contributed by atoms with van der Waals surface area (Å²) in [5.74, 6) is 2.13. The zero-order valence-electron chi connectivity index (χ0n) is 13.5. The van der Waals surface area contributed by atoms with Crippen molar-refractivity contribution in [2.75, 3.05) is 33.2 Å². The fourth-order valence-corrected chi connectivity index (χ4v) is 3.39. The lowest BCUT2D eigenvalue weighted by molar-refractivity contribution is 0.173. The monoisotopic (exact) mass is 334 g/mol. The first-order valence-electron chi connectivity index (χ1n) is 7.74. The lowest BCUT2D eigenvalue weighted by Crippen LogP contribution is -2.52. The number of aliphatic imine (C=N–C) groups is 1. The number of hydrogen-bond donors (Lipinski definition) is 1. The van der Waals surface area contributed by atoms with Crippen molar-refractivity contribution in [2.45, 2.75) is 20.0 Å². The lowest BCUT2D eigenvalue weighted by Gasteiger charge is -2.36. The van der Waals surface area contributed by atoms with E-state index < -0.39 is 0 Å². The Hall–Kier alpha value is -1.93. The number of hydrogen-bond acceptors (Lipinski definition) is 6. The van der Waals surface area contributed by atoms with Crippen molar-refractivity contribution in [1.82, 2.24) is 25.3 Å². The first-order chi connectivity index (χ1) is 11.2. The van der Waals surface area contributed by atoms with Gasteiger partial charge in [0.1, 0.15) is 0 Å². The van der Waals surface area contributed by atoms with E-state index in [4.69, 9.17) is 4.52 Å². The Morgan fingerprint density at radius 2 is 2.22 bits per heavy atom. The summed E-state index contributed by atoms with van der Waals surface area (Å²) in [5, 5.41) is 9.33. The largest absolute Gasteiger partial charge is 0.349 e. The SMILES string of the molecule is CN=C(NCc1noc(C)n1)N1CCN(Cc2cccs2)CC1. The number of nitrogens with zero attached hydrogens (tertiary/aromatic N) is 5. The Bertz CT molecular complexity index is 630. The third kappa shape index (κ3) is 4.29. The maximum atomic E-state index is 4.98. The summed E-state index contributed by atoms with van der Waals surface area (Å²) in [6.45, 7) is 7.38. The molecule has 0 atom stereocenters. The first-order valence-corrected chi connectivity index (χ1v) is 8.62. The molecule has 1 aliphatic heterocycles. The highest BCUT2D eigenvalue weighted by molar-refractivity contribution is 7.09. The predicted octanol–water partition coefficient (Wildman–Crippen LogP) is 1.33. The number of aryl methyl sites for hydroxylation is 1. The van der Waals surface area contributed by atoms with Crippen LogP contribution < -0.4 is 5.32 Å². The van der Waals surface area contributed by atoms with Crippen molar-refractivity contribution in [3.8, 4) is 0 Å². The van der Waals surface area contributed by atoms with Gasteiger partial charge in [-0.2, -0.15) is 4.98 Å². The molecule has 124 valence electrons. The van der Waals surface area contributed by atoms with Gasteiger partial charge in [0.2, 0.25) is 5.89 Å². The van der Waals surface area contributed by atoms with Crippen LogP contribution in [0.15, 0.2) is 27.0 Å². The van der Waals surface area contributed by atoms with Crippen molar-refractivity contribution >= 4 is 17.3 Å². The number of rotatable bonds is 4. The molecule has 1 fully saturated rings. The number of aromatic nitrogens is 2. The van der Waals surface area contributed by atoms with Gasteiger partial charge in [-0.1, -0.05) is 11.2 Å². The van der Waals surface area contributed by atoms with Crippen LogP contribution in [-0.2, 0) is 13.1 Å². The van der Waals surface area contributed by atoms with E-state index in [9.17, 15) is 0 Å². The number of guanidine groups is 1. The van der Waals surface area contributed by atoms with Gasteiger partial charge in [0.25, 0.3) is 0 Å². The molecule has 3 rings (SSSR count). The molecule has 8 heteroatoms. The van der Waals surface area contributed by atoms with Crippen LogP contribution in [-0.4, -0.2) is 59.1 Å². The van der Waals surface area contributed by atoms with Crippen LogP contribution in [0.25, 0.3) is 0 Å². The molecule has 2 aromatic heterocycles. The molecule has 1 aliphatic rings. The summed E-state index contributed by atoms with van der Waals surface area (Å²) in [5.41, 5.74) is 0. The smallest absolute Gasteiger partial charge is 0.223 e. The van der Waals surface area contributed by atoms with E-state index in [-0.39, 0.29) is 0 Å².